The van der Waals surface area contributed by atoms with Crippen LogP contribution in [0.15, 0.2) is 30.3 Å². The molecule has 1 saturated heterocycles. The first-order valence-electron chi connectivity index (χ1n) is 6.73. The van der Waals surface area contributed by atoms with Crippen molar-refractivity contribution < 1.29 is 14.3 Å². The van der Waals surface area contributed by atoms with Crippen molar-refractivity contribution in [2.75, 3.05) is 38.7 Å². The summed E-state index contributed by atoms with van der Waals surface area (Å²) in [7, 11) is 3.17. The third-order valence-corrected chi connectivity index (χ3v) is 3.68. The number of benzene rings is 1. The van der Waals surface area contributed by atoms with Crippen LogP contribution in [-0.2, 0) is 14.3 Å². The van der Waals surface area contributed by atoms with E-state index in [9.17, 15) is 9.59 Å². The molecule has 108 valence electrons. The van der Waals surface area contributed by atoms with Gasteiger partial charge in [0.05, 0.1) is 19.6 Å². The number of carbonyl (C=O) groups excluding carboxylic acids is 2. The molecule has 2 rings (SSSR count). The first kappa shape index (κ1) is 14.5. The molecular weight excluding hydrogens is 256 g/mol. The summed E-state index contributed by atoms with van der Waals surface area (Å²) >= 11 is 0. The van der Waals surface area contributed by atoms with Gasteiger partial charge in [-0.3, -0.25) is 14.5 Å². The molecule has 1 fully saturated rings. The van der Waals surface area contributed by atoms with Crippen LogP contribution in [0.3, 0.4) is 0 Å². The summed E-state index contributed by atoms with van der Waals surface area (Å²) in [6.45, 7) is 1.69. The number of likely N-dealkylation sites (tertiary alicyclic amines) is 1. The Labute approximate surface area is 119 Å². The van der Waals surface area contributed by atoms with Gasteiger partial charge < -0.3 is 9.64 Å². The Morgan fingerprint density at radius 2 is 2.05 bits per heavy atom. The lowest BCUT2D eigenvalue weighted by atomic mass is 10.1. The maximum Gasteiger partial charge on any atom is 0.310 e. The van der Waals surface area contributed by atoms with E-state index < -0.39 is 0 Å². The minimum absolute atomic E-state index is 0.0294. The van der Waals surface area contributed by atoms with Crippen molar-refractivity contribution in [1.82, 2.24) is 4.90 Å². The van der Waals surface area contributed by atoms with Gasteiger partial charge in [-0.25, -0.2) is 0 Å². The summed E-state index contributed by atoms with van der Waals surface area (Å²) in [5, 5.41) is 0. The van der Waals surface area contributed by atoms with Gasteiger partial charge in [0, 0.05) is 19.3 Å². The third kappa shape index (κ3) is 3.36. The zero-order valence-corrected chi connectivity index (χ0v) is 11.9. The van der Waals surface area contributed by atoms with Crippen molar-refractivity contribution in [2.45, 2.75) is 6.42 Å². The monoisotopic (exact) mass is 276 g/mol. The normalized spacial score (nSPS) is 18.8. The number of amides is 1. The second kappa shape index (κ2) is 6.52. The van der Waals surface area contributed by atoms with E-state index in [1.165, 1.54) is 7.11 Å². The number of ether oxygens (including phenoxy) is 1. The second-order valence-corrected chi connectivity index (χ2v) is 5.03. The van der Waals surface area contributed by atoms with Crippen LogP contribution in [0.1, 0.15) is 6.42 Å². The molecule has 0 bridgehead atoms. The minimum atomic E-state index is -0.184. The number of para-hydroxylation sites is 1. The average molecular weight is 276 g/mol. The van der Waals surface area contributed by atoms with Crippen LogP contribution in [0.4, 0.5) is 5.69 Å². The number of hydrogen-bond donors (Lipinski definition) is 0. The molecule has 0 N–H and O–H groups in total. The molecule has 1 aliphatic heterocycles. The molecule has 1 aromatic rings. The van der Waals surface area contributed by atoms with Gasteiger partial charge in [-0.1, -0.05) is 18.2 Å². The molecule has 20 heavy (non-hydrogen) atoms. The zero-order valence-electron chi connectivity index (χ0n) is 11.9. The number of methoxy groups -OCH3 is 1. The fourth-order valence-electron chi connectivity index (χ4n) is 2.43. The third-order valence-electron chi connectivity index (χ3n) is 3.68. The molecule has 0 aliphatic carbocycles. The van der Waals surface area contributed by atoms with Crippen LogP contribution < -0.4 is 4.90 Å². The van der Waals surface area contributed by atoms with Crippen molar-refractivity contribution in [1.29, 1.82) is 0 Å². The number of hydrogen-bond acceptors (Lipinski definition) is 4. The summed E-state index contributed by atoms with van der Waals surface area (Å²) < 4.78 is 4.74. The van der Waals surface area contributed by atoms with Crippen LogP contribution in [0.5, 0.6) is 0 Å². The molecule has 1 atom stereocenters. The van der Waals surface area contributed by atoms with Gasteiger partial charge in [-0.15, -0.1) is 0 Å². The fraction of sp³-hybridized carbons (Fsp3) is 0.467. The Morgan fingerprint density at radius 1 is 1.35 bits per heavy atom. The summed E-state index contributed by atoms with van der Waals surface area (Å²) in [6, 6.07) is 9.53. The minimum Gasteiger partial charge on any atom is -0.469 e. The Bertz CT molecular complexity index is 475. The Balaban J connectivity index is 1.88. The molecule has 0 aromatic heterocycles. The summed E-state index contributed by atoms with van der Waals surface area (Å²) in [5.74, 6) is -0.257. The lowest BCUT2D eigenvalue weighted by Crippen LogP contribution is -2.37. The van der Waals surface area contributed by atoms with E-state index in [1.807, 2.05) is 35.2 Å². The van der Waals surface area contributed by atoms with Crippen LogP contribution in [0.2, 0.25) is 0 Å². The van der Waals surface area contributed by atoms with Crippen molar-refractivity contribution in [3.05, 3.63) is 30.3 Å². The number of esters is 1. The molecule has 1 heterocycles. The first-order valence-corrected chi connectivity index (χ1v) is 6.73. The van der Waals surface area contributed by atoms with E-state index in [1.54, 1.807) is 11.9 Å². The first-order chi connectivity index (χ1) is 9.61. The van der Waals surface area contributed by atoms with Gasteiger partial charge in [-0.2, -0.15) is 0 Å². The van der Waals surface area contributed by atoms with E-state index in [2.05, 4.69) is 0 Å². The molecule has 1 aromatic carbocycles. The van der Waals surface area contributed by atoms with Crippen LogP contribution in [-0.4, -0.2) is 50.6 Å². The molecule has 5 nitrogen and oxygen atoms in total. The zero-order chi connectivity index (χ0) is 14.5. The van der Waals surface area contributed by atoms with Crippen molar-refractivity contribution in [3.63, 3.8) is 0 Å². The smallest absolute Gasteiger partial charge is 0.310 e. The number of likely N-dealkylation sites (N-methyl/N-ethyl adjacent to an activating group) is 1. The fourth-order valence-corrected chi connectivity index (χ4v) is 2.43. The average Bonchev–Trinajstić information content (AvgIpc) is 2.95. The Kier molecular flexibility index (Phi) is 4.74. The summed E-state index contributed by atoms with van der Waals surface area (Å²) in [5.41, 5.74) is 0.876. The molecule has 1 unspecified atom stereocenters. The summed E-state index contributed by atoms with van der Waals surface area (Å²) in [4.78, 5) is 27.3. The standard InChI is InChI=1S/C15H20N2O3/c1-16(13-6-4-3-5-7-13)14(18)11-17-9-8-12(10-17)15(19)20-2/h3-7,12H,8-11H2,1-2H3. The van der Waals surface area contributed by atoms with E-state index in [0.29, 0.717) is 13.1 Å². The SMILES string of the molecule is COC(=O)C1CCN(CC(=O)N(C)c2ccccc2)C1. The molecule has 0 radical (unpaired) electrons. The van der Waals surface area contributed by atoms with E-state index in [4.69, 9.17) is 4.74 Å². The highest BCUT2D eigenvalue weighted by Gasteiger charge is 2.30. The quantitative estimate of drug-likeness (QED) is 0.774. The molecule has 1 amide bonds. The van der Waals surface area contributed by atoms with E-state index in [-0.39, 0.29) is 17.8 Å². The molecule has 5 heteroatoms. The highest BCUT2D eigenvalue weighted by Crippen LogP contribution is 2.18. The molecule has 0 saturated carbocycles. The van der Waals surface area contributed by atoms with Gasteiger partial charge >= 0.3 is 5.97 Å². The van der Waals surface area contributed by atoms with Gasteiger partial charge in [0.1, 0.15) is 0 Å². The van der Waals surface area contributed by atoms with Gasteiger partial charge in [0.15, 0.2) is 0 Å². The van der Waals surface area contributed by atoms with Crippen molar-refractivity contribution in [3.8, 4) is 0 Å². The highest BCUT2D eigenvalue weighted by molar-refractivity contribution is 5.94. The molecular formula is C15H20N2O3. The maximum absolute atomic E-state index is 12.2. The van der Waals surface area contributed by atoms with Gasteiger partial charge in [0.2, 0.25) is 5.91 Å². The predicted molar refractivity (Wildman–Crippen MR) is 76.4 cm³/mol. The lowest BCUT2D eigenvalue weighted by Gasteiger charge is -2.21. The number of rotatable bonds is 4. The van der Waals surface area contributed by atoms with Crippen molar-refractivity contribution >= 4 is 17.6 Å². The van der Waals surface area contributed by atoms with Crippen molar-refractivity contribution in [2.24, 2.45) is 5.92 Å². The number of carbonyl (C=O) groups is 2. The van der Waals surface area contributed by atoms with Crippen LogP contribution >= 0.6 is 0 Å². The topological polar surface area (TPSA) is 49.9 Å². The van der Waals surface area contributed by atoms with Gasteiger partial charge in [0.25, 0.3) is 0 Å². The van der Waals surface area contributed by atoms with Crippen LogP contribution in [0.25, 0.3) is 0 Å². The van der Waals surface area contributed by atoms with E-state index in [0.717, 1.165) is 18.7 Å². The van der Waals surface area contributed by atoms with E-state index >= 15 is 0 Å². The Morgan fingerprint density at radius 3 is 2.70 bits per heavy atom. The predicted octanol–water partition coefficient (Wildman–Crippen LogP) is 1.14. The number of nitrogens with zero attached hydrogens (tertiary/aromatic N) is 2. The van der Waals surface area contributed by atoms with Crippen LogP contribution in [0, 0.1) is 5.92 Å². The van der Waals surface area contributed by atoms with Gasteiger partial charge in [-0.05, 0) is 25.1 Å². The Hall–Kier alpha value is -1.88. The second-order valence-electron chi connectivity index (χ2n) is 5.03. The molecule has 0 spiro atoms. The molecule has 1 aliphatic rings. The number of anilines is 1. The highest BCUT2D eigenvalue weighted by atomic mass is 16.5. The maximum atomic E-state index is 12.2. The lowest BCUT2D eigenvalue weighted by molar-refractivity contribution is -0.145. The summed E-state index contributed by atoms with van der Waals surface area (Å²) in [6.07, 6.45) is 0.759. The largest absolute Gasteiger partial charge is 0.469 e.